The van der Waals surface area contributed by atoms with Gasteiger partial charge in [-0.15, -0.1) is 0 Å². The van der Waals surface area contributed by atoms with Crippen molar-refractivity contribution in [1.82, 2.24) is 14.8 Å². The molecule has 5 aliphatic rings. The molecular formula is C31H39N3O3. The van der Waals surface area contributed by atoms with Crippen molar-refractivity contribution in [2.45, 2.75) is 88.1 Å². The minimum absolute atomic E-state index is 0.0720. The van der Waals surface area contributed by atoms with Crippen LogP contribution in [0.3, 0.4) is 0 Å². The maximum absolute atomic E-state index is 13.5. The Kier molecular flexibility index (Phi) is 5.54. The summed E-state index contributed by atoms with van der Waals surface area (Å²) in [5.41, 5.74) is 4.74. The van der Waals surface area contributed by atoms with Crippen molar-refractivity contribution in [2.75, 3.05) is 20.1 Å². The van der Waals surface area contributed by atoms with Crippen LogP contribution in [0.4, 0.5) is 0 Å². The summed E-state index contributed by atoms with van der Waals surface area (Å²) in [5, 5.41) is 10.4. The predicted molar refractivity (Wildman–Crippen MR) is 143 cm³/mol. The minimum atomic E-state index is -0.254. The highest BCUT2D eigenvalue weighted by atomic mass is 16.3. The summed E-state index contributed by atoms with van der Waals surface area (Å²) in [6.45, 7) is 2.27. The summed E-state index contributed by atoms with van der Waals surface area (Å²) in [6, 6.07) is 8.58. The highest BCUT2D eigenvalue weighted by Crippen LogP contribution is 2.55. The number of rotatable bonds is 4. The number of phenols is 1. The molecule has 6 heteroatoms. The first-order chi connectivity index (χ1) is 17.9. The molecule has 1 amide bonds. The molecule has 4 aliphatic carbocycles. The van der Waals surface area contributed by atoms with Gasteiger partial charge in [0.2, 0.25) is 0 Å². The average molecular weight is 502 g/mol. The number of aromatic hydroxyl groups is 1. The second-order valence-corrected chi connectivity index (χ2v) is 12.7. The van der Waals surface area contributed by atoms with Gasteiger partial charge in [0, 0.05) is 36.8 Å². The van der Waals surface area contributed by atoms with E-state index in [9.17, 15) is 14.7 Å². The number of fused-ring (bicyclic) bond motifs is 2. The lowest BCUT2D eigenvalue weighted by atomic mass is 9.52. The van der Waals surface area contributed by atoms with Gasteiger partial charge in [-0.1, -0.05) is 25.3 Å². The molecule has 1 saturated heterocycles. The lowest BCUT2D eigenvalue weighted by Gasteiger charge is -2.59. The molecule has 0 unspecified atom stereocenters. The number of amides is 1. The number of carbonyl (C=O) groups excluding carboxylic acids is 1. The van der Waals surface area contributed by atoms with Gasteiger partial charge in [0.1, 0.15) is 11.3 Å². The average Bonchev–Trinajstić information content (AvgIpc) is 3.73. The molecule has 2 aromatic rings. The summed E-state index contributed by atoms with van der Waals surface area (Å²) in [5.74, 6) is 1.47. The van der Waals surface area contributed by atoms with E-state index in [1.807, 2.05) is 30.1 Å². The molecule has 7 rings (SSSR count). The zero-order valence-electron chi connectivity index (χ0n) is 22.0. The van der Waals surface area contributed by atoms with Crippen LogP contribution >= 0.6 is 0 Å². The van der Waals surface area contributed by atoms with E-state index >= 15 is 0 Å². The zero-order chi connectivity index (χ0) is 25.3. The van der Waals surface area contributed by atoms with Gasteiger partial charge in [0.25, 0.3) is 11.5 Å². The fourth-order valence-corrected chi connectivity index (χ4v) is 8.35. The molecule has 1 aromatic heterocycles. The predicted octanol–water partition coefficient (Wildman–Crippen LogP) is 4.18. The van der Waals surface area contributed by atoms with E-state index in [4.69, 9.17) is 0 Å². The Morgan fingerprint density at radius 3 is 2.70 bits per heavy atom. The van der Waals surface area contributed by atoms with Gasteiger partial charge in [0.15, 0.2) is 0 Å². The molecule has 0 spiro atoms. The Labute approximate surface area is 219 Å². The van der Waals surface area contributed by atoms with Crippen LogP contribution in [0.5, 0.6) is 5.75 Å². The molecule has 37 heavy (non-hydrogen) atoms. The molecule has 2 heterocycles. The number of likely N-dealkylation sites (tertiary alicyclic amines) is 1. The van der Waals surface area contributed by atoms with Gasteiger partial charge in [-0.3, -0.25) is 14.5 Å². The largest absolute Gasteiger partial charge is 0.508 e. The molecule has 0 radical (unpaired) electrons. The topological polar surface area (TPSA) is 76.6 Å². The van der Waals surface area contributed by atoms with E-state index in [0.717, 1.165) is 75.1 Å². The number of aromatic amines is 1. The molecule has 2 N–H and O–H groups in total. The molecular weight excluding hydrogens is 462 g/mol. The van der Waals surface area contributed by atoms with Crippen molar-refractivity contribution in [3.8, 4) is 5.75 Å². The third kappa shape index (κ3) is 3.86. The highest BCUT2D eigenvalue weighted by Gasteiger charge is 2.55. The quantitative estimate of drug-likeness (QED) is 0.659. The molecule has 1 aliphatic heterocycles. The number of nitrogens with zero attached hydrogens (tertiary/aromatic N) is 2. The normalized spacial score (nSPS) is 29.2. The number of hydrogen-bond donors (Lipinski definition) is 2. The molecule has 2 bridgehead atoms. The van der Waals surface area contributed by atoms with Crippen molar-refractivity contribution in [3.05, 3.63) is 62.6 Å². The minimum Gasteiger partial charge on any atom is -0.508 e. The monoisotopic (exact) mass is 501 g/mol. The highest BCUT2D eigenvalue weighted by molar-refractivity contribution is 5.94. The van der Waals surface area contributed by atoms with Gasteiger partial charge in [0.05, 0.1) is 0 Å². The molecule has 1 aromatic carbocycles. The zero-order valence-corrected chi connectivity index (χ0v) is 22.0. The first kappa shape index (κ1) is 23.5. The van der Waals surface area contributed by atoms with Gasteiger partial charge >= 0.3 is 0 Å². The maximum atomic E-state index is 13.5. The van der Waals surface area contributed by atoms with Crippen molar-refractivity contribution < 1.29 is 9.90 Å². The van der Waals surface area contributed by atoms with E-state index in [1.54, 1.807) is 0 Å². The maximum Gasteiger partial charge on any atom is 0.261 e. The van der Waals surface area contributed by atoms with Crippen LogP contribution < -0.4 is 5.56 Å². The van der Waals surface area contributed by atoms with Crippen molar-refractivity contribution in [2.24, 2.45) is 11.8 Å². The number of hydrogen-bond acceptors (Lipinski definition) is 4. The lowest BCUT2D eigenvalue weighted by molar-refractivity contribution is 0.00457. The fourth-order valence-electron chi connectivity index (χ4n) is 8.35. The summed E-state index contributed by atoms with van der Waals surface area (Å²) in [4.78, 5) is 34.5. The van der Waals surface area contributed by atoms with Gasteiger partial charge in [-0.25, -0.2) is 0 Å². The smallest absolute Gasteiger partial charge is 0.261 e. The fraction of sp³-hybridized carbons (Fsp3) is 0.613. The number of benzene rings is 1. The second-order valence-electron chi connectivity index (χ2n) is 12.7. The Balaban J connectivity index is 1.26. The van der Waals surface area contributed by atoms with Crippen LogP contribution in [0.1, 0.15) is 84.1 Å². The summed E-state index contributed by atoms with van der Waals surface area (Å²) in [7, 11) is 1.87. The lowest BCUT2D eigenvalue weighted by Crippen LogP contribution is -2.63. The first-order valence-corrected chi connectivity index (χ1v) is 14.5. The van der Waals surface area contributed by atoms with Crippen LogP contribution in [0, 0.1) is 11.8 Å². The van der Waals surface area contributed by atoms with Crippen LogP contribution in [0.15, 0.2) is 29.1 Å². The Morgan fingerprint density at radius 1 is 1.11 bits per heavy atom. The van der Waals surface area contributed by atoms with Gasteiger partial charge in [-0.05, 0) is 105 Å². The Bertz CT molecular complexity index is 1290. The molecule has 6 nitrogen and oxygen atoms in total. The number of H-pyrrole nitrogens is 1. The Hall–Kier alpha value is -2.60. The van der Waals surface area contributed by atoms with Gasteiger partial charge < -0.3 is 15.0 Å². The van der Waals surface area contributed by atoms with Crippen LogP contribution in [-0.4, -0.2) is 58.0 Å². The van der Waals surface area contributed by atoms with Crippen LogP contribution in [0.2, 0.25) is 0 Å². The second kappa shape index (κ2) is 8.72. The summed E-state index contributed by atoms with van der Waals surface area (Å²) in [6.07, 6.45) is 12.0. The summed E-state index contributed by atoms with van der Waals surface area (Å²) >= 11 is 0. The van der Waals surface area contributed by atoms with Crippen molar-refractivity contribution in [1.29, 1.82) is 0 Å². The van der Waals surface area contributed by atoms with E-state index < -0.39 is 0 Å². The number of carbonyl (C=O) groups is 1. The third-order valence-electron chi connectivity index (χ3n) is 10.6. The van der Waals surface area contributed by atoms with Crippen LogP contribution in [0.25, 0.3) is 0 Å². The van der Waals surface area contributed by atoms with E-state index in [1.165, 1.54) is 36.9 Å². The number of pyridine rings is 1. The standard InChI is InChI=1S/C31H39N3O3/c1-33(22-5-3-2-4-6-22)30(37)24-13-21-14-26-28-15-20-9-10-23(35)16-25(20)31(26,17-27(21)32-29(24)36)11-12-34(28)18-19-7-8-19/h9-10,13,16,19,22,26,28,35H,2-8,11-12,14-15,17-18H2,1H3,(H,32,36)/t26-,28+,31+/m0/s1. The van der Waals surface area contributed by atoms with E-state index in [-0.39, 0.29) is 22.9 Å². The van der Waals surface area contributed by atoms with E-state index in [0.29, 0.717) is 23.3 Å². The molecule has 2 saturated carbocycles. The molecule has 3 fully saturated rings. The number of nitrogens with one attached hydrogen (secondary N) is 1. The Morgan fingerprint density at radius 2 is 1.92 bits per heavy atom. The first-order valence-electron chi connectivity index (χ1n) is 14.5. The van der Waals surface area contributed by atoms with Crippen molar-refractivity contribution in [3.63, 3.8) is 0 Å². The number of aromatic nitrogens is 1. The SMILES string of the molecule is CN(C(=O)c1cc2c([nH]c1=O)C[C@]13CCN(CC4CC4)[C@H](Cc4ccc(O)cc41)[C@@H]3C2)C1CCCCC1. The number of phenolic OH excluding ortho intramolecular Hbond substituents is 1. The molecule has 3 atom stereocenters. The molecule has 196 valence electrons. The van der Waals surface area contributed by atoms with Crippen LogP contribution in [-0.2, 0) is 24.7 Å². The summed E-state index contributed by atoms with van der Waals surface area (Å²) < 4.78 is 0. The third-order valence-corrected chi connectivity index (χ3v) is 10.6. The number of piperidine rings is 1. The van der Waals surface area contributed by atoms with Crippen molar-refractivity contribution >= 4 is 5.91 Å². The van der Waals surface area contributed by atoms with E-state index in [2.05, 4.69) is 16.0 Å². The van der Waals surface area contributed by atoms with Gasteiger partial charge in [-0.2, -0.15) is 0 Å².